The maximum absolute atomic E-state index is 14.0. The largest absolute Gasteiger partial charge is 0.313 e. The van der Waals surface area contributed by atoms with Crippen LogP contribution in [-0.2, 0) is 6.54 Å². The highest BCUT2D eigenvalue weighted by atomic mass is 79.9. The van der Waals surface area contributed by atoms with Gasteiger partial charge in [-0.25, -0.2) is 4.39 Å². The summed E-state index contributed by atoms with van der Waals surface area (Å²) in [6.07, 6.45) is 1.04. The Kier molecular flexibility index (Phi) is 6.07. The Morgan fingerprint density at radius 3 is 2.75 bits per heavy atom. The number of hydrogen-bond acceptors (Lipinski definition) is 2. The molecule has 0 unspecified atom stereocenters. The van der Waals surface area contributed by atoms with Gasteiger partial charge in [-0.2, -0.15) is 0 Å². The third-order valence-electron chi connectivity index (χ3n) is 2.83. The summed E-state index contributed by atoms with van der Waals surface area (Å²) < 4.78 is 15.0. The highest BCUT2D eigenvalue weighted by Gasteiger charge is 2.09. The van der Waals surface area contributed by atoms with E-state index < -0.39 is 0 Å². The lowest BCUT2D eigenvalue weighted by Crippen LogP contribution is -2.15. The molecule has 2 aromatic rings. The number of benzene rings is 2. The second kappa shape index (κ2) is 7.81. The zero-order chi connectivity index (χ0) is 14.4. The molecule has 0 amide bonds. The van der Waals surface area contributed by atoms with Crippen molar-refractivity contribution in [2.75, 3.05) is 6.54 Å². The van der Waals surface area contributed by atoms with Gasteiger partial charge >= 0.3 is 0 Å². The fourth-order valence-electron chi connectivity index (χ4n) is 1.85. The molecule has 4 heteroatoms. The molecule has 0 atom stereocenters. The van der Waals surface area contributed by atoms with Gasteiger partial charge in [-0.15, -0.1) is 0 Å². The molecular formula is C16H17BrFNS. The molecule has 0 heterocycles. The van der Waals surface area contributed by atoms with Gasteiger partial charge in [0.15, 0.2) is 0 Å². The monoisotopic (exact) mass is 353 g/mol. The van der Waals surface area contributed by atoms with E-state index in [1.165, 1.54) is 6.07 Å². The van der Waals surface area contributed by atoms with Crippen LogP contribution in [0.3, 0.4) is 0 Å². The van der Waals surface area contributed by atoms with Gasteiger partial charge in [0.1, 0.15) is 5.82 Å². The normalized spacial score (nSPS) is 10.8. The van der Waals surface area contributed by atoms with Crippen molar-refractivity contribution in [3.8, 4) is 0 Å². The molecule has 0 saturated carbocycles. The summed E-state index contributed by atoms with van der Waals surface area (Å²) in [5.41, 5.74) is 0.742. The fourth-order valence-corrected chi connectivity index (χ4v) is 3.43. The van der Waals surface area contributed by atoms with Gasteiger partial charge in [0.2, 0.25) is 0 Å². The van der Waals surface area contributed by atoms with E-state index in [1.54, 1.807) is 17.8 Å². The van der Waals surface area contributed by atoms with Crippen molar-refractivity contribution in [1.29, 1.82) is 0 Å². The van der Waals surface area contributed by atoms with Crippen molar-refractivity contribution in [2.45, 2.75) is 29.7 Å². The number of rotatable bonds is 6. The van der Waals surface area contributed by atoms with Crippen LogP contribution in [0, 0.1) is 5.82 Å². The van der Waals surface area contributed by atoms with Gasteiger partial charge in [0.25, 0.3) is 0 Å². The lowest BCUT2D eigenvalue weighted by atomic mass is 10.2. The fraction of sp³-hybridized carbons (Fsp3) is 0.250. The predicted molar refractivity (Wildman–Crippen MR) is 86.7 cm³/mol. The Morgan fingerprint density at radius 1 is 1.20 bits per heavy atom. The maximum atomic E-state index is 14.0. The van der Waals surface area contributed by atoms with Gasteiger partial charge in [-0.05, 0) is 43.3 Å². The summed E-state index contributed by atoms with van der Waals surface area (Å²) in [7, 11) is 0. The molecule has 0 aromatic heterocycles. The van der Waals surface area contributed by atoms with E-state index in [0.717, 1.165) is 32.8 Å². The minimum absolute atomic E-state index is 0.145. The van der Waals surface area contributed by atoms with E-state index in [4.69, 9.17) is 0 Å². The summed E-state index contributed by atoms with van der Waals surface area (Å²) in [4.78, 5) is 2.06. The Morgan fingerprint density at radius 2 is 2.00 bits per heavy atom. The average molecular weight is 354 g/mol. The van der Waals surface area contributed by atoms with Crippen LogP contribution in [0.25, 0.3) is 0 Å². The van der Waals surface area contributed by atoms with E-state index >= 15 is 0 Å². The molecule has 2 aromatic carbocycles. The van der Waals surface area contributed by atoms with Crippen molar-refractivity contribution < 1.29 is 4.39 Å². The molecule has 1 nitrogen and oxygen atoms in total. The molecule has 0 aliphatic carbocycles. The van der Waals surface area contributed by atoms with Crippen LogP contribution in [0.1, 0.15) is 18.9 Å². The third-order valence-corrected chi connectivity index (χ3v) is 4.41. The topological polar surface area (TPSA) is 12.0 Å². The molecule has 20 heavy (non-hydrogen) atoms. The number of nitrogens with one attached hydrogen (secondary N) is 1. The van der Waals surface area contributed by atoms with E-state index in [0.29, 0.717) is 6.54 Å². The van der Waals surface area contributed by atoms with Crippen molar-refractivity contribution in [2.24, 2.45) is 0 Å². The van der Waals surface area contributed by atoms with Gasteiger partial charge in [-0.1, -0.05) is 46.7 Å². The first-order valence-corrected chi connectivity index (χ1v) is 8.23. The molecule has 1 N–H and O–H groups in total. The summed E-state index contributed by atoms with van der Waals surface area (Å²) in [5, 5.41) is 3.27. The van der Waals surface area contributed by atoms with Gasteiger partial charge in [0.05, 0.1) is 0 Å². The Labute approximate surface area is 132 Å². The highest BCUT2D eigenvalue weighted by molar-refractivity contribution is 9.10. The van der Waals surface area contributed by atoms with Gasteiger partial charge < -0.3 is 5.32 Å². The third kappa shape index (κ3) is 4.33. The lowest BCUT2D eigenvalue weighted by Gasteiger charge is -2.11. The molecule has 2 rings (SSSR count). The van der Waals surface area contributed by atoms with E-state index in [9.17, 15) is 4.39 Å². The van der Waals surface area contributed by atoms with E-state index in [1.807, 2.05) is 30.3 Å². The average Bonchev–Trinajstić information content (AvgIpc) is 2.42. The second-order valence-electron chi connectivity index (χ2n) is 4.45. The zero-order valence-electron chi connectivity index (χ0n) is 11.3. The quantitative estimate of drug-likeness (QED) is 0.712. The summed E-state index contributed by atoms with van der Waals surface area (Å²) in [5.74, 6) is -0.145. The van der Waals surface area contributed by atoms with Crippen LogP contribution >= 0.6 is 27.7 Å². The molecule has 0 saturated heterocycles. The molecule has 0 aliphatic rings. The first-order chi connectivity index (χ1) is 9.70. The smallest absolute Gasteiger partial charge is 0.128 e. The molecule has 0 bridgehead atoms. The molecule has 0 spiro atoms. The molecule has 0 aliphatic heterocycles. The molecule has 0 radical (unpaired) electrons. The first-order valence-electron chi connectivity index (χ1n) is 6.62. The highest BCUT2D eigenvalue weighted by Crippen LogP contribution is 2.32. The predicted octanol–water partition coefficient (Wildman–Crippen LogP) is 5.24. The number of halogens is 2. The minimum atomic E-state index is -0.145. The SMILES string of the molecule is CCCNCc1c(F)cccc1Sc1cccc(Br)c1. The Balaban J connectivity index is 2.20. The van der Waals surface area contributed by atoms with E-state index in [2.05, 4.69) is 28.2 Å². The van der Waals surface area contributed by atoms with Gasteiger partial charge in [0, 0.05) is 26.4 Å². The maximum Gasteiger partial charge on any atom is 0.128 e. The number of hydrogen-bond donors (Lipinski definition) is 1. The summed E-state index contributed by atoms with van der Waals surface area (Å²) in [6, 6.07) is 13.3. The van der Waals surface area contributed by atoms with Crippen molar-refractivity contribution >= 4 is 27.7 Å². The van der Waals surface area contributed by atoms with Crippen LogP contribution in [0.15, 0.2) is 56.7 Å². The van der Waals surface area contributed by atoms with Crippen LogP contribution in [0.2, 0.25) is 0 Å². The van der Waals surface area contributed by atoms with Crippen LogP contribution < -0.4 is 5.32 Å². The van der Waals surface area contributed by atoms with Crippen LogP contribution in [0.4, 0.5) is 4.39 Å². The molecule has 0 fully saturated rings. The minimum Gasteiger partial charge on any atom is -0.313 e. The van der Waals surface area contributed by atoms with Crippen molar-refractivity contribution in [3.05, 3.63) is 58.3 Å². The summed E-state index contributed by atoms with van der Waals surface area (Å²) >= 11 is 5.05. The second-order valence-corrected chi connectivity index (χ2v) is 6.48. The lowest BCUT2D eigenvalue weighted by molar-refractivity contribution is 0.578. The van der Waals surface area contributed by atoms with Crippen molar-refractivity contribution in [1.82, 2.24) is 5.32 Å². The summed E-state index contributed by atoms with van der Waals surface area (Å²) in [6.45, 7) is 3.57. The Hall–Kier alpha value is -0.840. The standard InChI is InChI=1S/C16H17BrFNS/c1-2-9-19-11-14-15(18)7-4-8-16(14)20-13-6-3-5-12(17)10-13/h3-8,10,19H,2,9,11H2,1H3. The van der Waals surface area contributed by atoms with Crippen LogP contribution in [0.5, 0.6) is 0 Å². The van der Waals surface area contributed by atoms with E-state index in [-0.39, 0.29) is 5.82 Å². The van der Waals surface area contributed by atoms with Crippen LogP contribution in [-0.4, -0.2) is 6.54 Å². The molecule has 106 valence electrons. The van der Waals surface area contributed by atoms with Gasteiger partial charge in [-0.3, -0.25) is 0 Å². The Bertz CT molecular complexity index is 574. The van der Waals surface area contributed by atoms with Crippen molar-refractivity contribution in [3.63, 3.8) is 0 Å². The molecular weight excluding hydrogens is 337 g/mol. The zero-order valence-corrected chi connectivity index (χ0v) is 13.7. The first kappa shape index (κ1) is 15.5.